The van der Waals surface area contributed by atoms with E-state index in [0.29, 0.717) is 16.2 Å². The minimum atomic E-state index is 0.452. The van der Waals surface area contributed by atoms with E-state index in [1.165, 1.54) is 44.9 Å². The molecule has 1 spiro atoms. The Hall–Kier alpha value is 0. The summed E-state index contributed by atoms with van der Waals surface area (Å²) in [5, 5.41) is 0. The van der Waals surface area contributed by atoms with Crippen molar-refractivity contribution in [2.24, 2.45) is 21.7 Å². The van der Waals surface area contributed by atoms with Gasteiger partial charge in [-0.15, -0.1) is 0 Å². The first kappa shape index (κ1) is 13.4. The molecule has 0 N–H and O–H groups in total. The van der Waals surface area contributed by atoms with E-state index in [1.807, 2.05) is 0 Å². The fraction of sp³-hybridized carbons (Fsp3) is 1.00. The standard InChI is InChI=1S/C17H32/c1-14(2,3)17(15(4,5)6)12-16(13-17)10-8-7-9-11-16/h7-13H2,1-6H3. The van der Waals surface area contributed by atoms with Crippen molar-refractivity contribution >= 4 is 0 Å². The fourth-order valence-electron chi connectivity index (χ4n) is 5.07. The van der Waals surface area contributed by atoms with Crippen LogP contribution >= 0.6 is 0 Å². The fourth-order valence-corrected chi connectivity index (χ4v) is 5.07. The van der Waals surface area contributed by atoms with Gasteiger partial charge in [-0.3, -0.25) is 0 Å². The van der Waals surface area contributed by atoms with Gasteiger partial charge in [0.2, 0.25) is 0 Å². The molecule has 2 aliphatic rings. The maximum absolute atomic E-state index is 2.47. The van der Waals surface area contributed by atoms with Gasteiger partial charge in [0.05, 0.1) is 0 Å². The zero-order valence-electron chi connectivity index (χ0n) is 12.9. The van der Waals surface area contributed by atoms with Gasteiger partial charge >= 0.3 is 0 Å². The second kappa shape index (κ2) is 3.75. The second-order valence-electron chi connectivity index (χ2n) is 9.00. The van der Waals surface area contributed by atoms with Crippen LogP contribution in [0.1, 0.15) is 86.5 Å². The average molecular weight is 236 g/mol. The van der Waals surface area contributed by atoms with Crippen molar-refractivity contribution in [2.75, 3.05) is 0 Å². The molecule has 2 aliphatic carbocycles. The first-order valence-corrected chi connectivity index (χ1v) is 7.62. The van der Waals surface area contributed by atoms with Crippen LogP contribution in [-0.4, -0.2) is 0 Å². The smallest absolute Gasteiger partial charge is 0.0190 e. The normalized spacial score (nSPS) is 27.9. The first-order chi connectivity index (χ1) is 7.62. The predicted molar refractivity (Wildman–Crippen MR) is 76.1 cm³/mol. The van der Waals surface area contributed by atoms with Gasteiger partial charge in [0.25, 0.3) is 0 Å². The number of hydrogen-bond donors (Lipinski definition) is 0. The van der Waals surface area contributed by atoms with Crippen LogP contribution in [0.25, 0.3) is 0 Å². The third kappa shape index (κ3) is 1.96. The van der Waals surface area contributed by atoms with Gasteiger partial charge in [-0.25, -0.2) is 0 Å². The summed E-state index contributed by atoms with van der Waals surface area (Å²) in [6.45, 7) is 14.8. The van der Waals surface area contributed by atoms with Gasteiger partial charge < -0.3 is 0 Å². The van der Waals surface area contributed by atoms with Gasteiger partial charge in [0.15, 0.2) is 0 Å². The minimum Gasteiger partial charge on any atom is -0.0596 e. The Labute approximate surface area is 109 Å². The van der Waals surface area contributed by atoms with Crippen LogP contribution < -0.4 is 0 Å². The molecular formula is C17H32. The molecule has 17 heavy (non-hydrogen) atoms. The highest BCUT2D eigenvalue weighted by molar-refractivity contribution is 5.13. The van der Waals surface area contributed by atoms with E-state index in [2.05, 4.69) is 41.5 Å². The molecule has 0 aromatic rings. The minimum absolute atomic E-state index is 0.452. The molecule has 0 atom stereocenters. The maximum Gasteiger partial charge on any atom is -0.0190 e. The summed E-state index contributed by atoms with van der Waals surface area (Å²) < 4.78 is 0. The topological polar surface area (TPSA) is 0 Å². The highest BCUT2D eigenvalue weighted by Crippen LogP contribution is 2.72. The highest BCUT2D eigenvalue weighted by atomic mass is 14.7. The van der Waals surface area contributed by atoms with Gasteiger partial charge in [-0.05, 0) is 47.3 Å². The van der Waals surface area contributed by atoms with Crippen molar-refractivity contribution in [3.8, 4) is 0 Å². The Balaban J connectivity index is 2.19. The lowest BCUT2D eigenvalue weighted by Crippen LogP contribution is -2.60. The van der Waals surface area contributed by atoms with E-state index < -0.39 is 0 Å². The summed E-state index contributed by atoms with van der Waals surface area (Å²) >= 11 is 0. The molecule has 0 saturated heterocycles. The zero-order valence-corrected chi connectivity index (χ0v) is 12.9. The van der Waals surface area contributed by atoms with Gasteiger partial charge in [0, 0.05) is 0 Å². The van der Waals surface area contributed by atoms with E-state index in [1.54, 1.807) is 0 Å². The maximum atomic E-state index is 2.47. The van der Waals surface area contributed by atoms with Crippen LogP contribution in [0.4, 0.5) is 0 Å². The lowest BCUT2D eigenvalue weighted by Gasteiger charge is -2.69. The number of hydrogen-bond acceptors (Lipinski definition) is 0. The molecule has 0 bridgehead atoms. The Morgan fingerprint density at radius 2 is 1.06 bits per heavy atom. The molecule has 2 rings (SSSR count). The van der Waals surface area contributed by atoms with Gasteiger partial charge in [-0.1, -0.05) is 60.8 Å². The molecule has 0 nitrogen and oxygen atoms in total. The largest absolute Gasteiger partial charge is 0.0596 e. The molecule has 0 aromatic heterocycles. The molecular weight excluding hydrogens is 204 g/mol. The second-order valence-corrected chi connectivity index (χ2v) is 9.00. The molecule has 2 fully saturated rings. The molecule has 0 heterocycles. The van der Waals surface area contributed by atoms with E-state index >= 15 is 0 Å². The summed E-state index contributed by atoms with van der Waals surface area (Å²) in [4.78, 5) is 0. The van der Waals surface area contributed by atoms with E-state index in [9.17, 15) is 0 Å². The molecule has 0 aliphatic heterocycles. The van der Waals surface area contributed by atoms with E-state index in [-0.39, 0.29) is 0 Å². The Kier molecular flexibility index (Phi) is 2.96. The molecule has 2 saturated carbocycles. The third-order valence-corrected chi connectivity index (χ3v) is 6.14. The van der Waals surface area contributed by atoms with Crippen molar-refractivity contribution in [3.05, 3.63) is 0 Å². The molecule has 0 unspecified atom stereocenters. The zero-order chi connectivity index (χ0) is 12.9. The molecule has 0 amide bonds. The van der Waals surface area contributed by atoms with Crippen LogP contribution in [0.15, 0.2) is 0 Å². The van der Waals surface area contributed by atoms with Crippen molar-refractivity contribution in [1.82, 2.24) is 0 Å². The van der Waals surface area contributed by atoms with Crippen LogP contribution in [0.5, 0.6) is 0 Å². The van der Waals surface area contributed by atoms with Crippen LogP contribution in [0.3, 0.4) is 0 Å². The Bertz CT molecular complexity index is 254. The molecule has 0 heteroatoms. The van der Waals surface area contributed by atoms with E-state index in [0.717, 1.165) is 5.41 Å². The average Bonchev–Trinajstić information content (AvgIpc) is 2.11. The summed E-state index contributed by atoms with van der Waals surface area (Å²) in [5.41, 5.74) is 2.22. The Morgan fingerprint density at radius 3 is 1.41 bits per heavy atom. The quantitative estimate of drug-likeness (QED) is 0.498. The first-order valence-electron chi connectivity index (χ1n) is 7.62. The number of rotatable bonds is 0. The van der Waals surface area contributed by atoms with Crippen LogP contribution in [0.2, 0.25) is 0 Å². The van der Waals surface area contributed by atoms with Crippen molar-refractivity contribution in [1.29, 1.82) is 0 Å². The summed E-state index contributed by atoms with van der Waals surface area (Å²) in [5.74, 6) is 0. The summed E-state index contributed by atoms with van der Waals surface area (Å²) in [6, 6.07) is 0. The third-order valence-electron chi connectivity index (χ3n) is 6.14. The highest BCUT2D eigenvalue weighted by Gasteiger charge is 2.63. The molecule has 0 aromatic carbocycles. The predicted octanol–water partition coefficient (Wildman–Crippen LogP) is 5.81. The van der Waals surface area contributed by atoms with Gasteiger partial charge in [0.1, 0.15) is 0 Å². The van der Waals surface area contributed by atoms with Gasteiger partial charge in [-0.2, -0.15) is 0 Å². The lowest BCUT2D eigenvalue weighted by atomic mass is 9.36. The van der Waals surface area contributed by atoms with Crippen molar-refractivity contribution in [3.63, 3.8) is 0 Å². The lowest BCUT2D eigenvalue weighted by molar-refractivity contribution is -0.193. The SMILES string of the molecule is CC(C)(C)C1(C(C)(C)C)CC2(CCCCC2)C1. The van der Waals surface area contributed by atoms with Crippen molar-refractivity contribution < 1.29 is 0 Å². The summed E-state index contributed by atoms with van der Waals surface area (Å²) in [6.07, 6.45) is 10.5. The Morgan fingerprint density at radius 1 is 0.647 bits per heavy atom. The monoisotopic (exact) mass is 236 g/mol. The van der Waals surface area contributed by atoms with E-state index in [4.69, 9.17) is 0 Å². The molecule has 0 radical (unpaired) electrons. The van der Waals surface area contributed by atoms with Crippen LogP contribution in [-0.2, 0) is 0 Å². The molecule has 100 valence electrons. The van der Waals surface area contributed by atoms with Crippen molar-refractivity contribution in [2.45, 2.75) is 86.5 Å². The van der Waals surface area contributed by atoms with Crippen LogP contribution in [0, 0.1) is 21.7 Å². The summed E-state index contributed by atoms with van der Waals surface area (Å²) in [7, 11) is 0.